The lowest BCUT2D eigenvalue weighted by Crippen LogP contribution is -2.29. The van der Waals surface area contributed by atoms with Crippen LogP contribution < -0.4 is 16.0 Å². The van der Waals surface area contributed by atoms with Gasteiger partial charge in [0, 0.05) is 18.3 Å². The lowest BCUT2D eigenvalue weighted by Gasteiger charge is -2.07. The summed E-state index contributed by atoms with van der Waals surface area (Å²) in [7, 11) is 1.58. The van der Waals surface area contributed by atoms with E-state index in [-0.39, 0.29) is 18.4 Å². The molecule has 0 radical (unpaired) electrons. The molecule has 1 heterocycles. The van der Waals surface area contributed by atoms with E-state index in [4.69, 9.17) is 4.42 Å². The van der Waals surface area contributed by atoms with Gasteiger partial charge in [0.2, 0.25) is 5.91 Å². The number of nitrogens with one attached hydrogen (secondary N) is 3. The van der Waals surface area contributed by atoms with Crippen LogP contribution in [0.15, 0.2) is 47.1 Å². The summed E-state index contributed by atoms with van der Waals surface area (Å²) in [6.45, 7) is 0.517. The van der Waals surface area contributed by atoms with Gasteiger partial charge in [-0.2, -0.15) is 0 Å². The second-order valence-electron chi connectivity index (χ2n) is 4.37. The molecule has 0 bridgehead atoms. The SMILES string of the molecule is CNC(=O)c1ccc(NCC(=O)NCc2ccco2)cc1. The second-order valence-corrected chi connectivity index (χ2v) is 4.37. The van der Waals surface area contributed by atoms with Gasteiger partial charge >= 0.3 is 0 Å². The summed E-state index contributed by atoms with van der Waals surface area (Å²) in [6.07, 6.45) is 1.56. The molecule has 1 aromatic heterocycles. The summed E-state index contributed by atoms with van der Waals surface area (Å²) in [5.41, 5.74) is 1.35. The molecule has 0 atom stereocenters. The van der Waals surface area contributed by atoms with Gasteiger partial charge in [0.1, 0.15) is 5.76 Å². The number of amides is 2. The van der Waals surface area contributed by atoms with E-state index in [0.29, 0.717) is 17.9 Å². The van der Waals surface area contributed by atoms with Crippen molar-refractivity contribution in [2.24, 2.45) is 0 Å². The second kappa shape index (κ2) is 7.14. The summed E-state index contributed by atoms with van der Waals surface area (Å²) in [6, 6.07) is 10.5. The number of carbonyl (C=O) groups excluding carboxylic acids is 2. The number of benzene rings is 1. The zero-order chi connectivity index (χ0) is 15.1. The van der Waals surface area contributed by atoms with E-state index in [0.717, 1.165) is 5.69 Å². The molecule has 0 unspecified atom stereocenters. The molecular weight excluding hydrogens is 270 g/mol. The predicted molar refractivity (Wildman–Crippen MR) is 78.9 cm³/mol. The standard InChI is InChI=1S/C15H17N3O3/c1-16-15(20)11-4-6-12(7-5-11)17-10-14(19)18-9-13-3-2-8-21-13/h2-8,17H,9-10H2,1H3,(H,16,20)(H,18,19). The minimum absolute atomic E-state index is 0.137. The molecule has 0 spiro atoms. The van der Waals surface area contributed by atoms with Crippen LogP contribution in [0.1, 0.15) is 16.1 Å². The highest BCUT2D eigenvalue weighted by Crippen LogP contribution is 2.09. The third-order valence-corrected chi connectivity index (χ3v) is 2.87. The summed E-state index contributed by atoms with van der Waals surface area (Å²) in [5.74, 6) is 0.429. The van der Waals surface area contributed by atoms with E-state index in [1.165, 1.54) is 0 Å². The lowest BCUT2D eigenvalue weighted by atomic mass is 10.2. The Kier molecular flexibility index (Phi) is 4.98. The van der Waals surface area contributed by atoms with Crippen LogP contribution in [0.5, 0.6) is 0 Å². The minimum Gasteiger partial charge on any atom is -0.467 e. The predicted octanol–water partition coefficient (Wildman–Crippen LogP) is 1.37. The molecule has 6 heteroatoms. The lowest BCUT2D eigenvalue weighted by molar-refractivity contribution is -0.119. The average Bonchev–Trinajstić information content (AvgIpc) is 3.04. The first kappa shape index (κ1) is 14.6. The largest absolute Gasteiger partial charge is 0.467 e. The fourth-order valence-electron chi connectivity index (χ4n) is 1.73. The zero-order valence-electron chi connectivity index (χ0n) is 11.7. The molecule has 0 aliphatic carbocycles. The highest BCUT2D eigenvalue weighted by molar-refractivity contribution is 5.94. The van der Waals surface area contributed by atoms with Gasteiger partial charge in [0.05, 0.1) is 19.4 Å². The molecule has 0 aliphatic rings. The maximum Gasteiger partial charge on any atom is 0.251 e. The van der Waals surface area contributed by atoms with Crippen LogP contribution in [0.3, 0.4) is 0 Å². The van der Waals surface area contributed by atoms with Crippen molar-refractivity contribution in [3.63, 3.8) is 0 Å². The number of carbonyl (C=O) groups is 2. The first-order chi connectivity index (χ1) is 10.2. The molecule has 0 fully saturated rings. The van der Waals surface area contributed by atoms with Crippen molar-refractivity contribution in [2.75, 3.05) is 18.9 Å². The van der Waals surface area contributed by atoms with Gasteiger partial charge in [-0.25, -0.2) is 0 Å². The summed E-state index contributed by atoms with van der Waals surface area (Å²) in [4.78, 5) is 23.0. The van der Waals surface area contributed by atoms with Crippen LogP contribution in [0.25, 0.3) is 0 Å². The van der Waals surface area contributed by atoms with Crippen LogP contribution in [-0.2, 0) is 11.3 Å². The van der Waals surface area contributed by atoms with E-state index in [1.54, 1.807) is 49.7 Å². The average molecular weight is 287 g/mol. The normalized spacial score (nSPS) is 9.95. The van der Waals surface area contributed by atoms with Gasteiger partial charge in [-0.05, 0) is 36.4 Å². The first-order valence-corrected chi connectivity index (χ1v) is 6.54. The van der Waals surface area contributed by atoms with Gasteiger partial charge in [0.25, 0.3) is 5.91 Å². The molecule has 0 saturated heterocycles. The topological polar surface area (TPSA) is 83.4 Å². The molecule has 1 aromatic carbocycles. The van der Waals surface area contributed by atoms with Crippen molar-refractivity contribution in [3.8, 4) is 0 Å². The molecule has 2 amide bonds. The van der Waals surface area contributed by atoms with Crippen molar-refractivity contribution in [1.82, 2.24) is 10.6 Å². The van der Waals surface area contributed by atoms with E-state index in [1.807, 2.05) is 0 Å². The number of hydrogen-bond donors (Lipinski definition) is 3. The number of rotatable bonds is 6. The summed E-state index contributed by atoms with van der Waals surface area (Å²) < 4.78 is 5.12. The van der Waals surface area contributed by atoms with Gasteiger partial charge in [-0.3, -0.25) is 9.59 Å². The number of anilines is 1. The van der Waals surface area contributed by atoms with E-state index >= 15 is 0 Å². The number of furan rings is 1. The Bertz CT molecular complexity index is 591. The molecular formula is C15H17N3O3. The van der Waals surface area contributed by atoms with Gasteiger partial charge in [-0.15, -0.1) is 0 Å². The monoisotopic (exact) mass is 287 g/mol. The summed E-state index contributed by atoms with van der Waals surface area (Å²) in [5, 5.41) is 8.27. The third kappa shape index (κ3) is 4.38. The molecule has 2 rings (SSSR count). The Morgan fingerprint density at radius 2 is 1.90 bits per heavy atom. The fourth-order valence-corrected chi connectivity index (χ4v) is 1.73. The Morgan fingerprint density at radius 1 is 1.14 bits per heavy atom. The smallest absolute Gasteiger partial charge is 0.251 e. The fraction of sp³-hybridized carbons (Fsp3) is 0.200. The van der Waals surface area contributed by atoms with Crippen LogP contribution >= 0.6 is 0 Å². The van der Waals surface area contributed by atoms with E-state index in [9.17, 15) is 9.59 Å². The first-order valence-electron chi connectivity index (χ1n) is 6.54. The summed E-state index contributed by atoms with van der Waals surface area (Å²) >= 11 is 0. The molecule has 6 nitrogen and oxygen atoms in total. The van der Waals surface area contributed by atoms with Crippen molar-refractivity contribution in [3.05, 3.63) is 54.0 Å². The van der Waals surface area contributed by atoms with Crippen molar-refractivity contribution < 1.29 is 14.0 Å². The van der Waals surface area contributed by atoms with Gasteiger partial charge < -0.3 is 20.4 Å². The van der Waals surface area contributed by atoms with Crippen molar-refractivity contribution >= 4 is 17.5 Å². The molecule has 2 aromatic rings. The minimum atomic E-state index is -0.141. The Hall–Kier alpha value is -2.76. The van der Waals surface area contributed by atoms with E-state index < -0.39 is 0 Å². The Labute approximate surface area is 122 Å². The van der Waals surface area contributed by atoms with Crippen LogP contribution in [0, 0.1) is 0 Å². The third-order valence-electron chi connectivity index (χ3n) is 2.87. The maximum absolute atomic E-state index is 11.7. The van der Waals surface area contributed by atoms with Crippen LogP contribution in [0.4, 0.5) is 5.69 Å². The quantitative estimate of drug-likeness (QED) is 0.749. The number of hydrogen-bond acceptors (Lipinski definition) is 4. The Morgan fingerprint density at radius 3 is 2.52 bits per heavy atom. The maximum atomic E-state index is 11.7. The molecule has 110 valence electrons. The van der Waals surface area contributed by atoms with Crippen molar-refractivity contribution in [1.29, 1.82) is 0 Å². The van der Waals surface area contributed by atoms with Gasteiger partial charge in [0.15, 0.2) is 0 Å². The highest BCUT2D eigenvalue weighted by Gasteiger charge is 2.04. The van der Waals surface area contributed by atoms with Gasteiger partial charge in [-0.1, -0.05) is 0 Å². The molecule has 3 N–H and O–H groups in total. The molecule has 0 aliphatic heterocycles. The van der Waals surface area contributed by atoms with Crippen LogP contribution in [-0.4, -0.2) is 25.4 Å². The van der Waals surface area contributed by atoms with Crippen LogP contribution in [0.2, 0.25) is 0 Å². The van der Waals surface area contributed by atoms with E-state index in [2.05, 4.69) is 16.0 Å². The molecule has 0 saturated carbocycles. The molecule has 21 heavy (non-hydrogen) atoms. The van der Waals surface area contributed by atoms with Crippen molar-refractivity contribution in [2.45, 2.75) is 6.54 Å². The zero-order valence-corrected chi connectivity index (χ0v) is 11.7. The Balaban J connectivity index is 1.77. The highest BCUT2D eigenvalue weighted by atomic mass is 16.3.